The topological polar surface area (TPSA) is 46.5 Å². The Hall–Kier alpha value is -1.24. The van der Waals surface area contributed by atoms with Crippen molar-refractivity contribution < 1.29 is 0 Å². The van der Waals surface area contributed by atoms with Crippen LogP contribution in [0.5, 0.6) is 0 Å². The predicted molar refractivity (Wildman–Crippen MR) is 75.9 cm³/mol. The molecule has 0 saturated carbocycles. The molecule has 0 aliphatic carbocycles. The summed E-state index contributed by atoms with van der Waals surface area (Å²) in [4.78, 5) is 11.8. The van der Waals surface area contributed by atoms with Gasteiger partial charge in [-0.2, -0.15) is 0 Å². The van der Waals surface area contributed by atoms with Crippen molar-refractivity contribution in [2.75, 3.05) is 0 Å². The van der Waals surface area contributed by atoms with E-state index in [0.717, 1.165) is 16.2 Å². The second kappa shape index (κ2) is 4.46. The maximum atomic E-state index is 5.92. The van der Waals surface area contributed by atoms with Crippen molar-refractivity contribution >= 4 is 46.3 Å². The second-order valence-electron chi connectivity index (χ2n) is 3.87. The lowest BCUT2D eigenvalue weighted by molar-refractivity contribution is 0.639. The number of fused-ring (bicyclic) bond motifs is 1. The highest BCUT2D eigenvalue weighted by molar-refractivity contribution is 7.71. The number of halogens is 1. The summed E-state index contributed by atoms with van der Waals surface area (Å²) in [5, 5.41) is 3.55. The molecular weight excluding hydrogens is 288 g/mol. The van der Waals surface area contributed by atoms with Gasteiger partial charge in [0, 0.05) is 17.8 Å². The molecule has 0 aromatic carbocycles. The minimum absolute atomic E-state index is 0.0555. The second-order valence-corrected chi connectivity index (χ2v) is 5.62. The van der Waals surface area contributed by atoms with Crippen LogP contribution in [0.25, 0.3) is 11.2 Å². The van der Waals surface area contributed by atoms with Crippen LogP contribution in [0.3, 0.4) is 0 Å². The highest BCUT2D eigenvalue weighted by atomic mass is 35.5. The van der Waals surface area contributed by atoms with Crippen LogP contribution >= 0.6 is 35.2 Å². The first kappa shape index (κ1) is 11.8. The number of nitrogens with one attached hydrogen (secondary N) is 1. The largest absolute Gasteiger partial charge is 0.329 e. The van der Waals surface area contributed by atoms with Crippen LogP contribution in [0.2, 0.25) is 5.02 Å². The standard InChI is InChI=1S/C11H9ClN4S2/c1-6(10-13-2-3-18-10)16-9-8(15-11(16)17)4-7(12)5-14-9/h2-6H,1H3,(H,15,17). The van der Waals surface area contributed by atoms with Crippen LogP contribution in [0.4, 0.5) is 0 Å². The normalized spacial score (nSPS) is 13.0. The molecule has 1 N–H and O–H groups in total. The molecule has 3 heterocycles. The number of nitrogens with zero attached hydrogens (tertiary/aromatic N) is 3. The highest BCUT2D eigenvalue weighted by Gasteiger charge is 2.16. The average Bonchev–Trinajstić information content (AvgIpc) is 2.94. The van der Waals surface area contributed by atoms with Gasteiger partial charge in [0.15, 0.2) is 10.4 Å². The first-order valence-corrected chi connectivity index (χ1v) is 6.98. The molecule has 0 saturated heterocycles. The lowest BCUT2D eigenvalue weighted by Crippen LogP contribution is -2.07. The number of hydrogen-bond donors (Lipinski definition) is 1. The van der Waals surface area contributed by atoms with Crippen molar-refractivity contribution in [3.63, 3.8) is 0 Å². The number of aromatic amines is 1. The minimum atomic E-state index is 0.0555. The van der Waals surface area contributed by atoms with Crippen LogP contribution in [0.15, 0.2) is 23.8 Å². The van der Waals surface area contributed by atoms with Gasteiger partial charge in [-0.1, -0.05) is 11.6 Å². The summed E-state index contributed by atoms with van der Waals surface area (Å²) in [5.74, 6) is 0. The van der Waals surface area contributed by atoms with E-state index in [1.54, 1.807) is 23.7 Å². The van der Waals surface area contributed by atoms with E-state index < -0.39 is 0 Å². The van der Waals surface area contributed by atoms with E-state index in [0.29, 0.717) is 9.79 Å². The maximum absolute atomic E-state index is 5.92. The molecule has 3 aromatic rings. The van der Waals surface area contributed by atoms with E-state index in [1.807, 2.05) is 16.0 Å². The zero-order valence-electron chi connectivity index (χ0n) is 9.42. The Morgan fingerprint density at radius 2 is 2.33 bits per heavy atom. The molecule has 0 spiro atoms. The molecule has 0 aliphatic heterocycles. The molecule has 18 heavy (non-hydrogen) atoms. The Morgan fingerprint density at radius 3 is 3.06 bits per heavy atom. The number of imidazole rings is 1. The summed E-state index contributed by atoms with van der Waals surface area (Å²) in [6.45, 7) is 2.05. The van der Waals surface area contributed by atoms with Crippen LogP contribution in [-0.2, 0) is 0 Å². The summed E-state index contributed by atoms with van der Waals surface area (Å²) >= 11 is 12.9. The third kappa shape index (κ3) is 1.86. The van der Waals surface area contributed by atoms with Gasteiger partial charge in [-0.15, -0.1) is 11.3 Å². The minimum Gasteiger partial charge on any atom is -0.329 e. The van der Waals surface area contributed by atoms with Gasteiger partial charge < -0.3 is 4.98 Å². The third-order valence-electron chi connectivity index (χ3n) is 2.72. The summed E-state index contributed by atoms with van der Waals surface area (Å²) in [7, 11) is 0. The molecule has 3 aromatic heterocycles. The van der Waals surface area contributed by atoms with Gasteiger partial charge in [-0.25, -0.2) is 9.97 Å². The lowest BCUT2D eigenvalue weighted by Gasteiger charge is -2.10. The quantitative estimate of drug-likeness (QED) is 0.731. The van der Waals surface area contributed by atoms with Gasteiger partial charge in [-0.3, -0.25) is 4.57 Å². The van der Waals surface area contributed by atoms with E-state index in [4.69, 9.17) is 23.8 Å². The molecule has 0 aliphatic rings. The summed E-state index contributed by atoms with van der Waals surface area (Å²) in [5.41, 5.74) is 1.64. The van der Waals surface area contributed by atoms with Crippen LogP contribution in [0.1, 0.15) is 18.0 Å². The number of rotatable bonds is 2. The Morgan fingerprint density at radius 1 is 1.50 bits per heavy atom. The molecule has 1 unspecified atom stereocenters. The fourth-order valence-electron chi connectivity index (χ4n) is 1.90. The molecule has 0 amide bonds. The maximum Gasteiger partial charge on any atom is 0.179 e. The smallest absolute Gasteiger partial charge is 0.179 e. The zero-order valence-corrected chi connectivity index (χ0v) is 11.8. The Kier molecular flexibility index (Phi) is 2.93. The van der Waals surface area contributed by atoms with Gasteiger partial charge in [0.05, 0.1) is 16.6 Å². The summed E-state index contributed by atoms with van der Waals surface area (Å²) in [6.07, 6.45) is 3.41. The van der Waals surface area contributed by atoms with E-state index >= 15 is 0 Å². The number of hydrogen-bond acceptors (Lipinski definition) is 4. The molecule has 92 valence electrons. The van der Waals surface area contributed by atoms with Gasteiger partial charge >= 0.3 is 0 Å². The van der Waals surface area contributed by atoms with Crippen molar-refractivity contribution in [3.05, 3.63) is 38.6 Å². The first-order valence-electron chi connectivity index (χ1n) is 5.32. The van der Waals surface area contributed by atoms with Crippen molar-refractivity contribution in [1.29, 1.82) is 0 Å². The Labute approximate surface area is 117 Å². The Balaban J connectivity index is 2.23. The third-order valence-corrected chi connectivity index (χ3v) is 4.17. The molecule has 4 nitrogen and oxygen atoms in total. The molecule has 7 heteroatoms. The van der Waals surface area contributed by atoms with Crippen LogP contribution in [0, 0.1) is 4.77 Å². The van der Waals surface area contributed by atoms with Crippen LogP contribution < -0.4 is 0 Å². The van der Waals surface area contributed by atoms with Crippen molar-refractivity contribution in [2.24, 2.45) is 0 Å². The first-order chi connectivity index (χ1) is 8.66. The van der Waals surface area contributed by atoms with E-state index in [-0.39, 0.29) is 6.04 Å². The molecule has 1 atom stereocenters. The highest BCUT2D eigenvalue weighted by Crippen LogP contribution is 2.25. The average molecular weight is 297 g/mol. The van der Waals surface area contributed by atoms with Gasteiger partial charge in [-0.05, 0) is 25.2 Å². The Bertz CT molecular complexity index is 744. The SMILES string of the molecule is CC(c1nccs1)n1c(=S)[nH]c2cc(Cl)cnc21. The van der Waals surface area contributed by atoms with Gasteiger partial charge in [0.1, 0.15) is 5.01 Å². The summed E-state index contributed by atoms with van der Waals surface area (Å²) < 4.78 is 2.59. The van der Waals surface area contributed by atoms with E-state index in [2.05, 4.69) is 21.9 Å². The number of H-pyrrole nitrogens is 1. The van der Waals surface area contributed by atoms with Gasteiger partial charge in [0.2, 0.25) is 0 Å². The number of thiazole rings is 1. The van der Waals surface area contributed by atoms with Crippen molar-refractivity contribution in [1.82, 2.24) is 19.5 Å². The monoisotopic (exact) mass is 296 g/mol. The summed E-state index contributed by atoms with van der Waals surface area (Å²) in [6, 6.07) is 1.88. The van der Waals surface area contributed by atoms with Crippen molar-refractivity contribution in [2.45, 2.75) is 13.0 Å². The van der Waals surface area contributed by atoms with E-state index in [1.165, 1.54) is 0 Å². The van der Waals surface area contributed by atoms with E-state index in [9.17, 15) is 0 Å². The molecular formula is C11H9ClN4S2. The fraction of sp³-hybridized carbons (Fsp3) is 0.182. The molecule has 0 fully saturated rings. The lowest BCUT2D eigenvalue weighted by atomic mass is 10.3. The zero-order chi connectivity index (χ0) is 12.7. The molecule has 3 rings (SSSR count). The number of pyridine rings is 1. The predicted octanol–water partition coefficient (Wildman–Crippen LogP) is 3.81. The molecule has 0 bridgehead atoms. The fourth-order valence-corrected chi connectivity index (χ4v) is 3.10. The number of aromatic nitrogens is 4. The van der Waals surface area contributed by atoms with Gasteiger partial charge in [0.25, 0.3) is 0 Å². The van der Waals surface area contributed by atoms with Crippen molar-refractivity contribution in [3.8, 4) is 0 Å². The van der Waals surface area contributed by atoms with Crippen LogP contribution in [-0.4, -0.2) is 19.5 Å². The molecule has 0 radical (unpaired) electrons.